The summed E-state index contributed by atoms with van der Waals surface area (Å²) in [7, 11) is 0. The Kier molecular flexibility index (Phi) is 3.77. The highest BCUT2D eigenvalue weighted by molar-refractivity contribution is 7.11. The smallest absolute Gasteiger partial charge is 0.327 e. The highest BCUT2D eigenvalue weighted by Gasteiger charge is 2.39. The van der Waals surface area contributed by atoms with Gasteiger partial charge in [-0.25, -0.2) is 4.98 Å². The van der Waals surface area contributed by atoms with E-state index >= 15 is 0 Å². The summed E-state index contributed by atoms with van der Waals surface area (Å²) in [6, 6.07) is 0.256. The minimum Gasteiger partial charge on any atom is -0.327 e. The lowest BCUT2D eigenvalue weighted by Crippen LogP contribution is -2.38. The standard InChI is InChI=1S/C13H18F3N3S/c14-13(15,16)12-18-4-9(20-12)6-19-5-8-2-1-3-11(17)10(8)7-19/h4,8,10-11H,1-3,5-7,17H2. The lowest BCUT2D eigenvalue weighted by atomic mass is 9.78. The lowest BCUT2D eigenvalue weighted by molar-refractivity contribution is -0.137. The largest absolute Gasteiger partial charge is 0.443 e. The van der Waals surface area contributed by atoms with Crippen molar-refractivity contribution >= 4 is 11.3 Å². The van der Waals surface area contributed by atoms with Crippen LogP contribution in [0.25, 0.3) is 0 Å². The molecule has 7 heteroatoms. The third kappa shape index (κ3) is 2.84. The summed E-state index contributed by atoms with van der Waals surface area (Å²) in [6.07, 6.45) is 0.480. The number of aromatic nitrogens is 1. The zero-order valence-electron chi connectivity index (χ0n) is 11.1. The van der Waals surface area contributed by atoms with Gasteiger partial charge in [-0.2, -0.15) is 13.2 Å². The van der Waals surface area contributed by atoms with Crippen LogP contribution in [0.1, 0.15) is 29.1 Å². The van der Waals surface area contributed by atoms with Crippen molar-refractivity contribution in [1.82, 2.24) is 9.88 Å². The van der Waals surface area contributed by atoms with E-state index in [0.29, 0.717) is 23.3 Å². The van der Waals surface area contributed by atoms with E-state index in [1.807, 2.05) is 0 Å². The van der Waals surface area contributed by atoms with Gasteiger partial charge in [0.15, 0.2) is 5.01 Å². The first kappa shape index (κ1) is 14.3. The van der Waals surface area contributed by atoms with Crippen molar-refractivity contribution < 1.29 is 13.2 Å². The van der Waals surface area contributed by atoms with Crippen molar-refractivity contribution in [3.05, 3.63) is 16.1 Å². The van der Waals surface area contributed by atoms with Gasteiger partial charge < -0.3 is 5.73 Å². The van der Waals surface area contributed by atoms with Gasteiger partial charge in [0.25, 0.3) is 0 Å². The van der Waals surface area contributed by atoms with Gasteiger partial charge in [0.1, 0.15) is 0 Å². The van der Waals surface area contributed by atoms with Gasteiger partial charge in [-0.3, -0.25) is 4.90 Å². The molecule has 2 aliphatic rings. The maximum absolute atomic E-state index is 12.5. The normalized spacial score (nSPS) is 31.5. The molecule has 1 saturated carbocycles. The van der Waals surface area contributed by atoms with E-state index in [2.05, 4.69) is 9.88 Å². The van der Waals surface area contributed by atoms with Crippen LogP contribution < -0.4 is 5.73 Å². The van der Waals surface area contributed by atoms with E-state index in [-0.39, 0.29) is 6.04 Å². The first-order valence-electron chi connectivity index (χ1n) is 6.93. The fraction of sp³-hybridized carbons (Fsp3) is 0.769. The van der Waals surface area contributed by atoms with Gasteiger partial charge in [-0.15, -0.1) is 11.3 Å². The molecule has 112 valence electrons. The molecule has 0 amide bonds. The fourth-order valence-corrected chi connectivity index (χ4v) is 4.29. The molecule has 2 fully saturated rings. The highest BCUT2D eigenvalue weighted by Crippen LogP contribution is 2.37. The third-order valence-corrected chi connectivity index (χ3v) is 5.43. The molecule has 1 saturated heterocycles. The Balaban J connectivity index is 1.63. The summed E-state index contributed by atoms with van der Waals surface area (Å²) >= 11 is 0.752. The van der Waals surface area contributed by atoms with Crippen molar-refractivity contribution in [3.8, 4) is 0 Å². The number of halogens is 3. The second kappa shape index (κ2) is 5.27. The van der Waals surface area contributed by atoms with Crippen LogP contribution in [-0.4, -0.2) is 29.0 Å². The maximum Gasteiger partial charge on any atom is 0.443 e. The molecular formula is C13H18F3N3S. The number of hydrogen-bond donors (Lipinski definition) is 1. The number of fused-ring (bicyclic) bond motifs is 1. The molecule has 0 aromatic carbocycles. The molecule has 1 aliphatic carbocycles. The molecule has 0 radical (unpaired) electrons. The summed E-state index contributed by atoms with van der Waals surface area (Å²) in [6.45, 7) is 2.43. The quantitative estimate of drug-likeness (QED) is 0.913. The van der Waals surface area contributed by atoms with E-state index in [9.17, 15) is 13.2 Å². The number of alkyl halides is 3. The van der Waals surface area contributed by atoms with Crippen LogP contribution in [0, 0.1) is 11.8 Å². The molecule has 2 heterocycles. The Labute approximate surface area is 120 Å². The van der Waals surface area contributed by atoms with Crippen molar-refractivity contribution in [1.29, 1.82) is 0 Å². The second-order valence-corrected chi connectivity index (χ2v) is 6.96. The van der Waals surface area contributed by atoms with Gasteiger partial charge >= 0.3 is 6.18 Å². The zero-order valence-corrected chi connectivity index (χ0v) is 11.9. The highest BCUT2D eigenvalue weighted by atomic mass is 32.1. The van der Waals surface area contributed by atoms with Crippen molar-refractivity contribution in [2.75, 3.05) is 13.1 Å². The summed E-state index contributed by atoms with van der Waals surface area (Å²) in [5.41, 5.74) is 6.15. The number of nitrogens with two attached hydrogens (primary N) is 1. The van der Waals surface area contributed by atoms with Gasteiger partial charge in [-0.05, 0) is 24.7 Å². The van der Waals surface area contributed by atoms with Crippen LogP contribution in [0.2, 0.25) is 0 Å². The van der Waals surface area contributed by atoms with Crippen molar-refractivity contribution in [3.63, 3.8) is 0 Å². The Morgan fingerprint density at radius 3 is 2.80 bits per heavy atom. The summed E-state index contributed by atoms with van der Waals surface area (Å²) in [4.78, 5) is 6.39. The predicted octanol–water partition coefficient (Wildman–Crippen LogP) is 2.72. The molecule has 20 heavy (non-hydrogen) atoms. The van der Waals surface area contributed by atoms with Crippen LogP contribution in [0.4, 0.5) is 13.2 Å². The topological polar surface area (TPSA) is 42.1 Å². The minimum absolute atomic E-state index is 0.256. The fourth-order valence-electron chi connectivity index (χ4n) is 3.47. The molecular weight excluding hydrogens is 287 g/mol. The first-order valence-corrected chi connectivity index (χ1v) is 7.75. The van der Waals surface area contributed by atoms with Crippen LogP contribution in [0.5, 0.6) is 0 Å². The van der Waals surface area contributed by atoms with E-state index < -0.39 is 11.2 Å². The van der Waals surface area contributed by atoms with Gasteiger partial charge in [0.05, 0.1) is 0 Å². The van der Waals surface area contributed by atoms with Crippen LogP contribution >= 0.6 is 11.3 Å². The molecule has 1 aromatic heterocycles. The Morgan fingerprint density at radius 2 is 2.15 bits per heavy atom. The van der Waals surface area contributed by atoms with Crippen LogP contribution in [0.15, 0.2) is 6.20 Å². The molecule has 3 unspecified atom stereocenters. The number of rotatable bonds is 2. The van der Waals surface area contributed by atoms with Gasteiger partial charge in [0, 0.05) is 36.8 Å². The summed E-state index contributed by atoms with van der Waals surface area (Å²) in [5.74, 6) is 1.13. The van der Waals surface area contributed by atoms with Crippen LogP contribution in [-0.2, 0) is 12.7 Å². The predicted molar refractivity (Wildman–Crippen MR) is 71.2 cm³/mol. The van der Waals surface area contributed by atoms with Crippen molar-refractivity contribution in [2.45, 2.75) is 38.0 Å². The van der Waals surface area contributed by atoms with E-state index in [4.69, 9.17) is 5.73 Å². The Hall–Kier alpha value is -0.660. The molecule has 3 atom stereocenters. The molecule has 3 nitrogen and oxygen atoms in total. The van der Waals surface area contributed by atoms with Gasteiger partial charge in [0.2, 0.25) is 0 Å². The molecule has 2 N–H and O–H groups in total. The minimum atomic E-state index is -4.33. The molecule has 0 bridgehead atoms. The maximum atomic E-state index is 12.5. The first-order chi connectivity index (χ1) is 9.43. The zero-order chi connectivity index (χ0) is 14.3. The van der Waals surface area contributed by atoms with Crippen molar-refractivity contribution in [2.24, 2.45) is 17.6 Å². The third-order valence-electron chi connectivity index (χ3n) is 4.41. The van der Waals surface area contributed by atoms with E-state index in [1.165, 1.54) is 19.0 Å². The molecule has 1 aromatic rings. The molecule has 0 spiro atoms. The second-order valence-electron chi connectivity index (χ2n) is 5.84. The monoisotopic (exact) mass is 305 g/mol. The molecule has 3 rings (SSSR count). The average Bonchev–Trinajstić information content (AvgIpc) is 2.96. The number of thiazole rings is 1. The lowest BCUT2D eigenvalue weighted by Gasteiger charge is -2.29. The van der Waals surface area contributed by atoms with Crippen LogP contribution in [0.3, 0.4) is 0 Å². The van der Waals surface area contributed by atoms with E-state index in [0.717, 1.165) is 30.8 Å². The number of hydrogen-bond acceptors (Lipinski definition) is 4. The number of nitrogens with zero attached hydrogens (tertiary/aromatic N) is 2. The SMILES string of the molecule is NC1CCCC2CN(Cc3cnc(C(F)(F)F)s3)CC12. The Morgan fingerprint density at radius 1 is 1.35 bits per heavy atom. The van der Waals surface area contributed by atoms with E-state index in [1.54, 1.807) is 0 Å². The average molecular weight is 305 g/mol. The van der Waals surface area contributed by atoms with Gasteiger partial charge in [-0.1, -0.05) is 6.42 Å². The Bertz CT molecular complexity index is 474. The molecule has 1 aliphatic heterocycles. The summed E-state index contributed by atoms with van der Waals surface area (Å²) < 4.78 is 37.6. The summed E-state index contributed by atoms with van der Waals surface area (Å²) in [5, 5.41) is -0.749. The number of likely N-dealkylation sites (tertiary alicyclic amines) is 1.